The fourth-order valence-electron chi connectivity index (χ4n) is 3.23. The molecular weight excluding hydrogens is 490 g/mol. The smallest absolute Gasteiger partial charge is 0.142 e. The van der Waals surface area contributed by atoms with E-state index in [2.05, 4.69) is 52.3 Å². The number of rotatable bonds is 10. The molecular formula is C29H26BrNO3. The van der Waals surface area contributed by atoms with E-state index < -0.39 is 0 Å². The van der Waals surface area contributed by atoms with Crippen LogP contribution >= 0.6 is 15.9 Å². The number of aryl methyl sites for hydroxylation is 1. The molecule has 172 valence electrons. The summed E-state index contributed by atoms with van der Waals surface area (Å²) in [7, 11) is 0. The molecule has 5 heteroatoms. The van der Waals surface area contributed by atoms with Gasteiger partial charge in [-0.25, -0.2) is 0 Å². The van der Waals surface area contributed by atoms with E-state index in [-0.39, 0.29) is 0 Å². The predicted octanol–water partition coefficient (Wildman–Crippen LogP) is 7.47. The Hall–Kier alpha value is -3.57. The van der Waals surface area contributed by atoms with Crippen LogP contribution in [0.4, 0.5) is 0 Å². The van der Waals surface area contributed by atoms with Crippen LogP contribution in [0.25, 0.3) is 0 Å². The third kappa shape index (κ3) is 6.96. The maximum atomic E-state index is 6.00. The van der Waals surface area contributed by atoms with Gasteiger partial charge in [0.25, 0.3) is 0 Å². The molecule has 4 nitrogen and oxygen atoms in total. The average molecular weight is 516 g/mol. The summed E-state index contributed by atoms with van der Waals surface area (Å²) in [5.74, 6) is 1.57. The minimum Gasteiger partial charge on any atom is -0.489 e. The lowest BCUT2D eigenvalue weighted by molar-refractivity contribution is 0.132. The first-order valence-corrected chi connectivity index (χ1v) is 11.8. The van der Waals surface area contributed by atoms with Gasteiger partial charge in [0, 0.05) is 15.6 Å². The highest BCUT2D eigenvalue weighted by atomic mass is 79.9. The minimum absolute atomic E-state index is 0.370. The Labute approximate surface area is 208 Å². The molecule has 4 aromatic rings. The summed E-state index contributed by atoms with van der Waals surface area (Å²) in [6.07, 6.45) is 1.68. The van der Waals surface area contributed by atoms with Gasteiger partial charge in [-0.15, -0.1) is 0 Å². The number of halogens is 1. The van der Waals surface area contributed by atoms with Crippen LogP contribution in [0.2, 0.25) is 0 Å². The van der Waals surface area contributed by atoms with Crippen LogP contribution in [0.3, 0.4) is 0 Å². The van der Waals surface area contributed by atoms with E-state index in [9.17, 15) is 0 Å². The highest BCUT2D eigenvalue weighted by molar-refractivity contribution is 9.10. The van der Waals surface area contributed by atoms with Crippen molar-refractivity contribution in [1.29, 1.82) is 0 Å². The van der Waals surface area contributed by atoms with E-state index in [0.717, 1.165) is 38.2 Å². The van der Waals surface area contributed by atoms with Crippen molar-refractivity contribution < 1.29 is 14.3 Å². The summed E-state index contributed by atoms with van der Waals surface area (Å²) in [6, 6.07) is 32.0. The summed E-state index contributed by atoms with van der Waals surface area (Å²) in [4.78, 5) is 5.51. The SMILES string of the molecule is Cc1ccc(COc2ccc(CO/N=C/c3ccccc3OCc3ccccc3Br)cc2)cc1. The molecule has 0 saturated carbocycles. The lowest BCUT2D eigenvalue weighted by Crippen LogP contribution is -1.99. The highest BCUT2D eigenvalue weighted by Crippen LogP contribution is 2.21. The van der Waals surface area contributed by atoms with Crippen LogP contribution in [0.5, 0.6) is 11.5 Å². The van der Waals surface area contributed by atoms with Gasteiger partial charge >= 0.3 is 0 Å². The van der Waals surface area contributed by atoms with Gasteiger partial charge in [0.15, 0.2) is 0 Å². The van der Waals surface area contributed by atoms with E-state index in [1.807, 2.05) is 72.8 Å². The van der Waals surface area contributed by atoms with Crippen LogP contribution in [-0.2, 0) is 24.7 Å². The molecule has 0 spiro atoms. The first-order valence-electron chi connectivity index (χ1n) is 11.1. The molecule has 4 aromatic carbocycles. The molecule has 0 aliphatic carbocycles. The zero-order valence-corrected chi connectivity index (χ0v) is 20.6. The second-order valence-electron chi connectivity index (χ2n) is 7.84. The summed E-state index contributed by atoms with van der Waals surface area (Å²) in [5, 5.41) is 4.13. The van der Waals surface area contributed by atoms with Crippen molar-refractivity contribution in [2.24, 2.45) is 5.16 Å². The van der Waals surface area contributed by atoms with Crippen molar-refractivity contribution in [3.05, 3.63) is 129 Å². The monoisotopic (exact) mass is 515 g/mol. The minimum atomic E-state index is 0.370. The van der Waals surface area contributed by atoms with Gasteiger partial charge in [-0.2, -0.15) is 0 Å². The quantitative estimate of drug-likeness (QED) is 0.162. The molecule has 0 aliphatic heterocycles. The number of nitrogens with zero attached hydrogens (tertiary/aromatic N) is 1. The Kier molecular flexibility index (Phi) is 8.36. The third-order valence-corrected chi connectivity index (χ3v) is 5.98. The summed E-state index contributed by atoms with van der Waals surface area (Å²) < 4.78 is 12.9. The molecule has 0 radical (unpaired) electrons. The number of ether oxygens (including phenoxy) is 2. The van der Waals surface area contributed by atoms with Gasteiger partial charge in [0.2, 0.25) is 0 Å². The highest BCUT2D eigenvalue weighted by Gasteiger charge is 2.04. The maximum Gasteiger partial charge on any atom is 0.142 e. The van der Waals surface area contributed by atoms with Crippen molar-refractivity contribution in [1.82, 2.24) is 0 Å². The van der Waals surface area contributed by atoms with Crippen LogP contribution in [0.15, 0.2) is 107 Å². The topological polar surface area (TPSA) is 40.0 Å². The lowest BCUT2D eigenvalue weighted by Gasteiger charge is -2.10. The molecule has 0 heterocycles. The van der Waals surface area contributed by atoms with Crippen LogP contribution in [-0.4, -0.2) is 6.21 Å². The van der Waals surface area contributed by atoms with E-state index >= 15 is 0 Å². The molecule has 0 bridgehead atoms. The average Bonchev–Trinajstić information content (AvgIpc) is 2.87. The van der Waals surface area contributed by atoms with Crippen LogP contribution in [0.1, 0.15) is 27.8 Å². The van der Waals surface area contributed by atoms with E-state index in [1.165, 1.54) is 5.56 Å². The van der Waals surface area contributed by atoms with Gasteiger partial charge in [0.05, 0.1) is 6.21 Å². The molecule has 0 unspecified atom stereocenters. The Morgan fingerprint density at radius 2 is 1.38 bits per heavy atom. The third-order valence-electron chi connectivity index (χ3n) is 5.21. The van der Waals surface area contributed by atoms with Crippen molar-refractivity contribution in [2.45, 2.75) is 26.7 Å². The molecule has 0 N–H and O–H groups in total. The molecule has 0 amide bonds. The second kappa shape index (κ2) is 12.1. The zero-order chi connectivity index (χ0) is 23.6. The van der Waals surface area contributed by atoms with Gasteiger partial charge in [-0.3, -0.25) is 0 Å². The zero-order valence-electron chi connectivity index (χ0n) is 19.0. The molecule has 0 atom stereocenters. The van der Waals surface area contributed by atoms with Gasteiger partial charge in [-0.1, -0.05) is 93.4 Å². The molecule has 0 aliphatic rings. The van der Waals surface area contributed by atoms with Crippen LogP contribution < -0.4 is 9.47 Å². The fraction of sp³-hybridized carbons (Fsp3) is 0.138. The molecule has 0 aromatic heterocycles. The fourth-order valence-corrected chi connectivity index (χ4v) is 3.63. The van der Waals surface area contributed by atoms with Crippen molar-refractivity contribution in [3.63, 3.8) is 0 Å². The van der Waals surface area contributed by atoms with E-state index in [4.69, 9.17) is 14.3 Å². The maximum absolute atomic E-state index is 6.00. The lowest BCUT2D eigenvalue weighted by atomic mass is 10.2. The Morgan fingerprint density at radius 1 is 0.706 bits per heavy atom. The molecule has 0 saturated heterocycles. The number of oxime groups is 1. The van der Waals surface area contributed by atoms with Gasteiger partial charge in [0.1, 0.15) is 31.3 Å². The van der Waals surface area contributed by atoms with E-state index in [0.29, 0.717) is 19.8 Å². The normalized spacial score (nSPS) is 10.9. The second-order valence-corrected chi connectivity index (χ2v) is 8.70. The molecule has 0 fully saturated rings. The van der Waals surface area contributed by atoms with Crippen molar-refractivity contribution in [3.8, 4) is 11.5 Å². The first kappa shape index (κ1) is 23.6. The van der Waals surface area contributed by atoms with Crippen LogP contribution in [0, 0.1) is 6.92 Å². The molecule has 4 rings (SSSR count). The standard InChI is InChI=1S/C29H26BrNO3/c1-22-10-12-23(13-11-22)19-32-27-16-14-24(15-17-27)20-34-31-18-25-6-3-5-9-29(25)33-21-26-7-2-4-8-28(26)30/h2-18H,19-21H2,1H3/b31-18+. The van der Waals surface area contributed by atoms with E-state index in [1.54, 1.807) is 6.21 Å². The first-order chi connectivity index (χ1) is 16.7. The van der Waals surface area contributed by atoms with Gasteiger partial charge < -0.3 is 14.3 Å². The predicted molar refractivity (Wildman–Crippen MR) is 139 cm³/mol. The Morgan fingerprint density at radius 3 is 2.18 bits per heavy atom. The summed E-state index contributed by atoms with van der Waals surface area (Å²) >= 11 is 3.55. The molecule has 34 heavy (non-hydrogen) atoms. The number of para-hydroxylation sites is 1. The van der Waals surface area contributed by atoms with Crippen molar-refractivity contribution >= 4 is 22.1 Å². The van der Waals surface area contributed by atoms with Crippen molar-refractivity contribution in [2.75, 3.05) is 0 Å². The largest absolute Gasteiger partial charge is 0.489 e. The Balaban J connectivity index is 1.26. The number of hydrogen-bond donors (Lipinski definition) is 0. The summed E-state index contributed by atoms with van der Waals surface area (Å²) in [5.41, 5.74) is 5.34. The number of benzene rings is 4. The number of hydrogen-bond acceptors (Lipinski definition) is 4. The Bertz CT molecular complexity index is 1220. The summed E-state index contributed by atoms with van der Waals surface area (Å²) in [6.45, 7) is 3.45. The van der Waals surface area contributed by atoms with Gasteiger partial charge in [-0.05, 0) is 48.4 Å².